The number of hydrogen-bond acceptors (Lipinski definition) is 4. The third-order valence-corrected chi connectivity index (χ3v) is 2.35. The highest BCUT2D eigenvalue weighted by Gasteiger charge is 2.08. The van der Waals surface area contributed by atoms with Crippen molar-refractivity contribution in [1.82, 2.24) is 0 Å². The van der Waals surface area contributed by atoms with Crippen molar-refractivity contribution in [2.75, 3.05) is 6.61 Å². The third kappa shape index (κ3) is 5.02. The predicted molar refractivity (Wildman–Crippen MR) is 74.6 cm³/mol. The van der Waals surface area contributed by atoms with Gasteiger partial charge in [0, 0.05) is 17.7 Å². The van der Waals surface area contributed by atoms with E-state index in [9.17, 15) is 4.79 Å². The lowest BCUT2D eigenvalue weighted by atomic mass is 10.1. The van der Waals surface area contributed by atoms with E-state index in [0.717, 1.165) is 12.5 Å². The van der Waals surface area contributed by atoms with Crippen molar-refractivity contribution in [3.05, 3.63) is 29.8 Å². The van der Waals surface area contributed by atoms with Gasteiger partial charge in [0.15, 0.2) is 6.10 Å². The number of rotatable bonds is 7. The van der Waals surface area contributed by atoms with Crippen LogP contribution in [0.3, 0.4) is 0 Å². The molecular formula is C15H17NO4. The summed E-state index contributed by atoms with van der Waals surface area (Å²) in [7, 11) is 0. The maximum atomic E-state index is 10.6. The van der Waals surface area contributed by atoms with Gasteiger partial charge in [0.25, 0.3) is 0 Å². The van der Waals surface area contributed by atoms with E-state index >= 15 is 0 Å². The lowest BCUT2D eigenvalue weighted by molar-refractivity contribution is -0.131. The Morgan fingerprint density at radius 1 is 1.55 bits per heavy atom. The average Bonchev–Trinajstić information content (AvgIpc) is 2.43. The molecule has 1 aromatic carbocycles. The van der Waals surface area contributed by atoms with Gasteiger partial charge < -0.3 is 14.6 Å². The van der Waals surface area contributed by atoms with Crippen LogP contribution < -0.4 is 9.47 Å². The zero-order chi connectivity index (χ0) is 15.0. The first-order chi connectivity index (χ1) is 9.56. The molecule has 0 fully saturated rings. The molecule has 106 valence electrons. The second-order valence-corrected chi connectivity index (χ2v) is 4.11. The molecule has 0 aliphatic carbocycles. The Bertz CT molecular complexity index is 531. The Morgan fingerprint density at radius 3 is 2.90 bits per heavy atom. The summed E-state index contributed by atoms with van der Waals surface area (Å²) in [5.74, 6) is 0.000194. The number of benzene rings is 1. The first-order valence-electron chi connectivity index (χ1n) is 6.31. The van der Waals surface area contributed by atoms with Crippen molar-refractivity contribution < 1.29 is 19.4 Å². The molecule has 0 heterocycles. The van der Waals surface area contributed by atoms with E-state index in [-0.39, 0.29) is 0 Å². The van der Waals surface area contributed by atoms with Crippen LogP contribution in [-0.2, 0) is 4.79 Å². The molecule has 0 aliphatic rings. The standard InChI is InChI=1S/C15H17NO4/c1-3-8-19-13-6-4-12(5-7-15(17)18)14(9-13)20-11(2)10-16/h4-7,9,11H,3,8H2,1-2H3,(H,17,18). The first kappa shape index (κ1) is 15.6. The predicted octanol–water partition coefficient (Wildman–Crippen LogP) is 2.86. The smallest absolute Gasteiger partial charge is 0.328 e. The maximum Gasteiger partial charge on any atom is 0.328 e. The van der Waals surface area contributed by atoms with Crippen LogP contribution in [0.5, 0.6) is 11.5 Å². The minimum absolute atomic E-state index is 0.421. The molecule has 20 heavy (non-hydrogen) atoms. The van der Waals surface area contributed by atoms with Gasteiger partial charge in [0.1, 0.15) is 17.6 Å². The quantitative estimate of drug-likeness (QED) is 0.774. The molecule has 0 saturated carbocycles. The van der Waals surface area contributed by atoms with Crippen LogP contribution in [0.15, 0.2) is 24.3 Å². The second-order valence-electron chi connectivity index (χ2n) is 4.11. The summed E-state index contributed by atoms with van der Waals surface area (Å²) in [6, 6.07) is 7.06. The van der Waals surface area contributed by atoms with E-state index in [1.54, 1.807) is 25.1 Å². The number of aliphatic carboxylic acids is 1. The Balaban J connectivity index is 3.03. The van der Waals surface area contributed by atoms with Gasteiger partial charge in [0.05, 0.1) is 6.61 Å². The van der Waals surface area contributed by atoms with Crippen molar-refractivity contribution in [3.63, 3.8) is 0 Å². The van der Waals surface area contributed by atoms with E-state index in [0.29, 0.717) is 23.7 Å². The van der Waals surface area contributed by atoms with E-state index in [2.05, 4.69) is 0 Å². The first-order valence-corrected chi connectivity index (χ1v) is 6.31. The van der Waals surface area contributed by atoms with Crippen molar-refractivity contribution >= 4 is 12.0 Å². The molecule has 0 saturated heterocycles. The molecule has 5 heteroatoms. The highest BCUT2D eigenvalue weighted by Crippen LogP contribution is 2.27. The topological polar surface area (TPSA) is 79.6 Å². The van der Waals surface area contributed by atoms with Gasteiger partial charge >= 0.3 is 5.97 Å². The van der Waals surface area contributed by atoms with Gasteiger partial charge in [-0.2, -0.15) is 5.26 Å². The molecule has 0 bridgehead atoms. The zero-order valence-electron chi connectivity index (χ0n) is 11.5. The Morgan fingerprint density at radius 2 is 2.30 bits per heavy atom. The summed E-state index contributed by atoms with van der Waals surface area (Å²) >= 11 is 0. The van der Waals surface area contributed by atoms with E-state index in [1.807, 2.05) is 13.0 Å². The number of hydrogen-bond donors (Lipinski definition) is 1. The van der Waals surface area contributed by atoms with Gasteiger partial charge in [-0.25, -0.2) is 4.79 Å². The van der Waals surface area contributed by atoms with E-state index < -0.39 is 12.1 Å². The third-order valence-electron chi connectivity index (χ3n) is 2.35. The number of nitriles is 1. The molecular weight excluding hydrogens is 258 g/mol. The van der Waals surface area contributed by atoms with Crippen LogP contribution in [0, 0.1) is 11.3 Å². The number of carboxylic acids is 1. The van der Waals surface area contributed by atoms with Crippen LogP contribution >= 0.6 is 0 Å². The summed E-state index contributed by atoms with van der Waals surface area (Å²) < 4.78 is 11.0. The summed E-state index contributed by atoms with van der Waals surface area (Å²) in [6.45, 7) is 4.20. The SMILES string of the molecule is CCCOc1ccc(C=CC(=O)O)c(OC(C)C#N)c1. The fourth-order valence-corrected chi connectivity index (χ4v) is 1.44. The molecule has 1 rings (SSSR count). The number of nitrogens with zero attached hydrogens (tertiary/aromatic N) is 1. The molecule has 1 unspecified atom stereocenters. The molecule has 0 spiro atoms. The van der Waals surface area contributed by atoms with Crippen LogP contribution in [-0.4, -0.2) is 23.8 Å². The van der Waals surface area contributed by atoms with Crippen LogP contribution in [0.2, 0.25) is 0 Å². The lowest BCUT2D eigenvalue weighted by Crippen LogP contribution is -2.09. The van der Waals surface area contributed by atoms with Gasteiger partial charge in [-0.05, 0) is 31.6 Å². The fourth-order valence-electron chi connectivity index (χ4n) is 1.44. The molecule has 0 aliphatic heterocycles. The minimum Gasteiger partial charge on any atom is -0.493 e. The molecule has 0 radical (unpaired) electrons. The molecule has 1 aromatic rings. The highest BCUT2D eigenvalue weighted by molar-refractivity contribution is 5.86. The highest BCUT2D eigenvalue weighted by atomic mass is 16.5. The van der Waals surface area contributed by atoms with Gasteiger partial charge in [0.2, 0.25) is 0 Å². The minimum atomic E-state index is -1.05. The van der Waals surface area contributed by atoms with Gasteiger partial charge in [-0.15, -0.1) is 0 Å². The number of ether oxygens (including phenoxy) is 2. The fraction of sp³-hybridized carbons (Fsp3) is 0.333. The number of carbonyl (C=O) groups is 1. The summed E-state index contributed by atoms with van der Waals surface area (Å²) in [5.41, 5.74) is 0.582. The van der Waals surface area contributed by atoms with Gasteiger partial charge in [-0.3, -0.25) is 0 Å². The van der Waals surface area contributed by atoms with Crippen molar-refractivity contribution in [2.24, 2.45) is 0 Å². The molecule has 1 N–H and O–H groups in total. The van der Waals surface area contributed by atoms with E-state index in [1.165, 1.54) is 6.08 Å². The van der Waals surface area contributed by atoms with Crippen LogP contribution in [0.4, 0.5) is 0 Å². The summed E-state index contributed by atoms with van der Waals surface area (Å²) in [6.07, 6.45) is 2.69. The Hall–Kier alpha value is -2.48. The molecule has 5 nitrogen and oxygen atoms in total. The van der Waals surface area contributed by atoms with Crippen molar-refractivity contribution in [3.8, 4) is 17.6 Å². The van der Waals surface area contributed by atoms with Crippen LogP contribution in [0.1, 0.15) is 25.8 Å². The van der Waals surface area contributed by atoms with Gasteiger partial charge in [-0.1, -0.05) is 6.92 Å². The molecule has 1 atom stereocenters. The number of carboxylic acid groups (broad SMARTS) is 1. The van der Waals surface area contributed by atoms with Crippen LogP contribution in [0.25, 0.3) is 6.08 Å². The Labute approximate surface area is 118 Å². The molecule has 0 aromatic heterocycles. The van der Waals surface area contributed by atoms with Crippen molar-refractivity contribution in [2.45, 2.75) is 26.4 Å². The zero-order valence-corrected chi connectivity index (χ0v) is 11.5. The maximum absolute atomic E-state index is 10.6. The van der Waals surface area contributed by atoms with Crippen molar-refractivity contribution in [1.29, 1.82) is 5.26 Å². The van der Waals surface area contributed by atoms with E-state index in [4.69, 9.17) is 19.8 Å². The second kappa shape index (κ2) is 7.85. The normalized spacial score (nSPS) is 11.8. The lowest BCUT2D eigenvalue weighted by Gasteiger charge is -2.13. The summed E-state index contributed by atoms with van der Waals surface area (Å²) in [5, 5.41) is 17.5. The largest absolute Gasteiger partial charge is 0.493 e. The summed E-state index contributed by atoms with van der Waals surface area (Å²) in [4.78, 5) is 10.6. The monoisotopic (exact) mass is 275 g/mol. The average molecular weight is 275 g/mol. The Kier molecular flexibility index (Phi) is 6.11. The molecule has 0 amide bonds.